The van der Waals surface area contributed by atoms with Crippen molar-refractivity contribution < 1.29 is 4.79 Å². The van der Waals surface area contributed by atoms with Gasteiger partial charge in [0.2, 0.25) is 11.9 Å². The Morgan fingerprint density at radius 3 is 2.78 bits per heavy atom. The number of fused-ring (bicyclic) bond motifs is 3. The largest absolute Gasteiger partial charge is 0.368 e. The Labute approximate surface area is 162 Å². The van der Waals surface area contributed by atoms with Gasteiger partial charge in [-0.25, -0.2) is 9.97 Å². The van der Waals surface area contributed by atoms with E-state index in [0.717, 1.165) is 48.3 Å². The van der Waals surface area contributed by atoms with E-state index < -0.39 is 0 Å². The molecule has 1 saturated heterocycles. The molecule has 1 aliphatic heterocycles. The molecule has 5 rings (SSSR count). The molecule has 2 N–H and O–H groups in total. The van der Waals surface area contributed by atoms with Crippen molar-refractivity contribution in [3.63, 3.8) is 0 Å². The van der Waals surface area contributed by atoms with Crippen LogP contribution in [0.5, 0.6) is 0 Å². The van der Waals surface area contributed by atoms with Gasteiger partial charge in [0.15, 0.2) is 0 Å². The Morgan fingerprint density at radius 1 is 1.19 bits per heavy atom. The zero-order valence-corrected chi connectivity index (χ0v) is 16.2. The molecule has 5 nitrogen and oxygen atoms in total. The highest BCUT2D eigenvalue weighted by Gasteiger charge is 2.32. The average molecular weight is 379 g/mol. The van der Waals surface area contributed by atoms with Crippen LogP contribution in [-0.2, 0) is 17.6 Å². The molecule has 1 fully saturated rings. The molecule has 6 heteroatoms. The van der Waals surface area contributed by atoms with Crippen LogP contribution in [0.2, 0.25) is 0 Å². The molecule has 1 unspecified atom stereocenters. The third-order valence-corrected chi connectivity index (χ3v) is 6.90. The number of nitrogens with zero attached hydrogens (tertiary/aromatic N) is 3. The summed E-state index contributed by atoms with van der Waals surface area (Å²) in [5, 5.41) is 1.20. The fourth-order valence-electron chi connectivity index (χ4n) is 4.34. The Morgan fingerprint density at radius 2 is 2.00 bits per heavy atom. The molecule has 1 atom stereocenters. The summed E-state index contributed by atoms with van der Waals surface area (Å²) in [6.07, 6.45) is 5.16. The first-order valence-corrected chi connectivity index (χ1v) is 10.4. The van der Waals surface area contributed by atoms with E-state index in [0.29, 0.717) is 5.95 Å². The minimum atomic E-state index is -0.305. The maximum absolute atomic E-state index is 11.9. The van der Waals surface area contributed by atoms with Crippen molar-refractivity contribution in [2.75, 3.05) is 11.4 Å². The molecule has 138 valence electrons. The summed E-state index contributed by atoms with van der Waals surface area (Å²) in [5.41, 5.74) is 10.4. The van der Waals surface area contributed by atoms with Crippen molar-refractivity contribution >= 4 is 33.4 Å². The lowest BCUT2D eigenvalue weighted by atomic mass is 10.0. The van der Waals surface area contributed by atoms with Crippen LogP contribution in [0.3, 0.4) is 0 Å². The first kappa shape index (κ1) is 16.7. The smallest absolute Gasteiger partial charge is 0.240 e. The van der Waals surface area contributed by atoms with E-state index in [1.165, 1.54) is 27.8 Å². The van der Waals surface area contributed by atoms with Crippen LogP contribution in [0.1, 0.15) is 35.3 Å². The van der Waals surface area contributed by atoms with Gasteiger partial charge >= 0.3 is 0 Å². The quantitative estimate of drug-likeness (QED) is 0.756. The molecule has 27 heavy (non-hydrogen) atoms. The summed E-state index contributed by atoms with van der Waals surface area (Å²) in [6, 6.07) is 8.21. The number of primary amides is 1. The highest BCUT2D eigenvalue weighted by Crippen LogP contribution is 2.42. The number of anilines is 1. The molecule has 2 aromatic heterocycles. The Hall–Kier alpha value is -2.47. The van der Waals surface area contributed by atoms with Gasteiger partial charge in [-0.05, 0) is 44.6 Å². The molecule has 2 aliphatic rings. The monoisotopic (exact) mass is 378 g/mol. The Kier molecular flexibility index (Phi) is 3.90. The van der Waals surface area contributed by atoms with Crippen LogP contribution in [0.25, 0.3) is 21.5 Å². The fourth-order valence-corrected chi connectivity index (χ4v) is 5.59. The molecular weight excluding hydrogens is 356 g/mol. The zero-order valence-electron chi connectivity index (χ0n) is 15.4. The van der Waals surface area contributed by atoms with E-state index >= 15 is 0 Å². The van der Waals surface area contributed by atoms with Gasteiger partial charge in [-0.2, -0.15) is 0 Å². The zero-order chi connectivity index (χ0) is 18.5. The van der Waals surface area contributed by atoms with Gasteiger partial charge in [0.05, 0.1) is 5.69 Å². The number of rotatable bonds is 3. The molecular formula is C21H22N4OS. The summed E-state index contributed by atoms with van der Waals surface area (Å²) in [5.74, 6) is 0.348. The van der Waals surface area contributed by atoms with Gasteiger partial charge in [-0.1, -0.05) is 29.8 Å². The Bertz CT molecular complexity index is 1040. The van der Waals surface area contributed by atoms with Crippen LogP contribution in [0.4, 0.5) is 5.95 Å². The first-order valence-electron chi connectivity index (χ1n) is 9.57. The topological polar surface area (TPSA) is 72.1 Å². The van der Waals surface area contributed by atoms with E-state index in [1.54, 1.807) is 11.3 Å². The first-order chi connectivity index (χ1) is 13.1. The molecule has 1 aliphatic carbocycles. The third kappa shape index (κ3) is 2.70. The molecule has 1 aromatic carbocycles. The minimum absolute atomic E-state index is 0.290. The number of amides is 1. The van der Waals surface area contributed by atoms with Gasteiger partial charge in [-0.15, -0.1) is 11.3 Å². The van der Waals surface area contributed by atoms with Crippen molar-refractivity contribution in [3.05, 3.63) is 40.3 Å². The predicted molar refractivity (Wildman–Crippen MR) is 109 cm³/mol. The van der Waals surface area contributed by atoms with Crippen molar-refractivity contribution in [3.8, 4) is 11.3 Å². The third-order valence-electron chi connectivity index (χ3n) is 5.72. The normalized spacial score (nSPS) is 19.0. The van der Waals surface area contributed by atoms with E-state index in [2.05, 4.69) is 31.2 Å². The average Bonchev–Trinajstić information content (AvgIpc) is 3.36. The minimum Gasteiger partial charge on any atom is -0.368 e. The van der Waals surface area contributed by atoms with Crippen molar-refractivity contribution in [1.82, 2.24) is 9.97 Å². The SMILES string of the molecule is Cc1ccc(-c2nc(N3CCCC3C(N)=O)nc3sc4c(c23)CCC4)cc1. The van der Waals surface area contributed by atoms with Crippen LogP contribution in [0.15, 0.2) is 24.3 Å². The lowest BCUT2D eigenvalue weighted by Gasteiger charge is -2.22. The second-order valence-corrected chi connectivity index (χ2v) is 8.61. The van der Waals surface area contributed by atoms with Crippen LogP contribution in [-0.4, -0.2) is 28.5 Å². The summed E-state index contributed by atoms with van der Waals surface area (Å²) < 4.78 is 0. The summed E-state index contributed by atoms with van der Waals surface area (Å²) in [6.45, 7) is 2.87. The Balaban J connectivity index is 1.73. The second kappa shape index (κ2) is 6.30. The van der Waals surface area contributed by atoms with Gasteiger partial charge < -0.3 is 10.6 Å². The van der Waals surface area contributed by atoms with E-state index in [1.807, 2.05) is 4.90 Å². The van der Waals surface area contributed by atoms with Crippen LogP contribution < -0.4 is 10.6 Å². The van der Waals surface area contributed by atoms with Crippen molar-refractivity contribution in [2.45, 2.75) is 45.1 Å². The number of aromatic nitrogens is 2. The van der Waals surface area contributed by atoms with Crippen molar-refractivity contribution in [1.29, 1.82) is 0 Å². The van der Waals surface area contributed by atoms with Crippen LogP contribution in [0, 0.1) is 6.92 Å². The number of hydrogen-bond acceptors (Lipinski definition) is 5. The van der Waals surface area contributed by atoms with Gasteiger partial charge in [0, 0.05) is 22.4 Å². The lowest BCUT2D eigenvalue weighted by molar-refractivity contribution is -0.119. The molecule has 3 aromatic rings. The van der Waals surface area contributed by atoms with Gasteiger partial charge in [0.1, 0.15) is 10.9 Å². The van der Waals surface area contributed by atoms with E-state index in [9.17, 15) is 4.79 Å². The highest BCUT2D eigenvalue weighted by atomic mass is 32.1. The predicted octanol–water partition coefficient (Wildman–Crippen LogP) is 3.61. The summed E-state index contributed by atoms with van der Waals surface area (Å²) >= 11 is 1.79. The van der Waals surface area contributed by atoms with Crippen LogP contribution >= 0.6 is 11.3 Å². The van der Waals surface area contributed by atoms with E-state index in [4.69, 9.17) is 15.7 Å². The molecule has 0 bridgehead atoms. The summed E-state index contributed by atoms with van der Waals surface area (Å²) in [4.78, 5) is 26.2. The number of thiophene rings is 1. The highest BCUT2D eigenvalue weighted by molar-refractivity contribution is 7.19. The number of carbonyl (C=O) groups excluding carboxylic acids is 1. The molecule has 0 radical (unpaired) electrons. The second-order valence-electron chi connectivity index (χ2n) is 7.53. The summed E-state index contributed by atoms with van der Waals surface area (Å²) in [7, 11) is 0. The molecule has 1 amide bonds. The fraction of sp³-hybridized carbons (Fsp3) is 0.381. The maximum Gasteiger partial charge on any atom is 0.240 e. The lowest BCUT2D eigenvalue weighted by Crippen LogP contribution is -2.41. The van der Waals surface area contributed by atoms with Gasteiger partial charge in [0.25, 0.3) is 0 Å². The number of nitrogens with two attached hydrogens (primary N) is 1. The number of carbonyl (C=O) groups is 1. The molecule has 0 saturated carbocycles. The van der Waals surface area contributed by atoms with Crippen molar-refractivity contribution in [2.24, 2.45) is 5.73 Å². The number of aryl methyl sites for hydroxylation is 3. The molecule has 3 heterocycles. The molecule has 0 spiro atoms. The van der Waals surface area contributed by atoms with Gasteiger partial charge in [-0.3, -0.25) is 4.79 Å². The number of benzene rings is 1. The number of hydrogen-bond donors (Lipinski definition) is 1. The maximum atomic E-state index is 11.9. The van der Waals surface area contributed by atoms with E-state index in [-0.39, 0.29) is 11.9 Å². The standard InChI is InChI=1S/C21H22N4OS/c1-12-7-9-13(10-8-12)18-17-14-4-2-6-16(14)27-20(17)24-21(23-18)25-11-3-5-15(25)19(22)26/h7-10,15H,2-6,11H2,1H3,(H2,22,26).